The van der Waals surface area contributed by atoms with Crippen molar-refractivity contribution in [1.82, 2.24) is 15.1 Å². The van der Waals surface area contributed by atoms with E-state index in [1.807, 2.05) is 59.5 Å². The second kappa shape index (κ2) is 12.1. The Morgan fingerprint density at radius 2 is 1.43 bits per heavy atom. The number of nitrogens with zero attached hydrogens (tertiary/aromatic N) is 3. The van der Waals surface area contributed by atoms with Crippen molar-refractivity contribution in [1.29, 1.82) is 0 Å². The molecule has 2 aliphatic rings. The summed E-state index contributed by atoms with van der Waals surface area (Å²) in [6.07, 6.45) is 2.49. The first-order valence-electron chi connectivity index (χ1n) is 12.4. The van der Waals surface area contributed by atoms with Gasteiger partial charge in [-0.1, -0.05) is 41.9 Å². The number of piperidine rings is 1. The third-order valence-electron chi connectivity index (χ3n) is 6.93. The molecule has 0 radical (unpaired) electrons. The van der Waals surface area contributed by atoms with Crippen molar-refractivity contribution < 1.29 is 14.4 Å². The highest BCUT2D eigenvalue weighted by molar-refractivity contribution is 6.30. The van der Waals surface area contributed by atoms with Gasteiger partial charge in [0, 0.05) is 62.3 Å². The summed E-state index contributed by atoms with van der Waals surface area (Å²) >= 11 is 5.96. The Kier molecular flexibility index (Phi) is 8.64. The van der Waals surface area contributed by atoms with Crippen molar-refractivity contribution in [3.8, 4) is 0 Å². The number of aryl methyl sites for hydroxylation is 1. The second-order valence-electron chi connectivity index (χ2n) is 9.20. The molecule has 0 unspecified atom stereocenters. The molecule has 0 spiro atoms. The van der Waals surface area contributed by atoms with Crippen LogP contribution >= 0.6 is 11.6 Å². The van der Waals surface area contributed by atoms with Gasteiger partial charge in [-0.3, -0.25) is 14.4 Å². The van der Waals surface area contributed by atoms with E-state index in [1.165, 1.54) is 0 Å². The molecule has 7 nitrogen and oxygen atoms in total. The Bertz CT molecular complexity index is 999. The number of likely N-dealkylation sites (tertiary alicyclic amines) is 1. The molecule has 35 heavy (non-hydrogen) atoms. The summed E-state index contributed by atoms with van der Waals surface area (Å²) < 4.78 is 0. The van der Waals surface area contributed by atoms with Crippen LogP contribution in [0.15, 0.2) is 54.6 Å². The molecule has 2 aromatic rings. The number of carbonyl (C=O) groups excluding carboxylic acids is 3. The van der Waals surface area contributed by atoms with E-state index in [1.54, 1.807) is 4.90 Å². The number of anilines is 1. The van der Waals surface area contributed by atoms with Crippen molar-refractivity contribution >= 4 is 35.0 Å². The Hall–Kier alpha value is -3.06. The average molecular weight is 497 g/mol. The molecule has 186 valence electrons. The highest BCUT2D eigenvalue weighted by atomic mass is 35.5. The number of nitrogens with one attached hydrogen (secondary N) is 1. The van der Waals surface area contributed by atoms with Crippen LogP contribution in [0.2, 0.25) is 5.02 Å². The Morgan fingerprint density at radius 3 is 2.09 bits per heavy atom. The Morgan fingerprint density at radius 1 is 0.800 bits per heavy atom. The second-order valence-corrected chi connectivity index (χ2v) is 9.64. The molecule has 2 aromatic carbocycles. The number of piperazine rings is 1. The Balaban J connectivity index is 1.13. The van der Waals surface area contributed by atoms with Gasteiger partial charge >= 0.3 is 0 Å². The zero-order valence-electron chi connectivity index (χ0n) is 20.0. The van der Waals surface area contributed by atoms with E-state index in [0.29, 0.717) is 50.5 Å². The van der Waals surface area contributed by atoms with E-state index in [2.05, 4.69) is 10.2 Å². The minimum Gasteiger partial charge on any atom is -0.368 e. The molecule has 2 aliphatic heterocycles. The van der Waals surface area contributed by atoms with Gasteiger partial charge in [0.05, 0.1) is 6.54 Å². The molecule has 2 heterocycles. The van der Waals surface area contributed by atoms with Crippen LogP contribution in [-0.2, 0) is 20.8 Å². The van der Waals surface area contributed by atoms with Crippen LogP contribution < -0.4 is 10.2 Å². The molecule has 0 aromatic heterocycles. The lowest BCUT2D eigenvalue weighted by Crippen LogP contribution is -2.52. The molecule has 8 heteroatoms. The predicted molar refractivity (Wildman–Crippen MR) is 137 cm³/mol. The largest absolute Gasteiger partial charge is 0.368 e. The van der Waals surface area contributed by atoms with Gasteiger partial charge in [0.15, 0.2) is 0 Å². The lowest BCUT2D eigenvalue weighted by molar-refractivity contribution is -0.136. The van der Waals surface area contributed by atoms with Gasteiger partial charge in [0.2, 0.25) is 17.7 Å². The van der Waals surface area contributed by atoms with Crippen molar-refractivity contribution in [3.05, 3.63) is 65.2 Å². The molecule has 0 bridgehead atoms. The minimum absolute atomic E-state index is 0.0238. The fourth-order valence-electron chi connectivity index (χ4n) is 4.73. The van der Waals surface area contributed by atoms with Gasteiger partial charge in [-0.2, -0.15) is 0 Å². The third kappa shape index (κ3) is 6.98. The van der Waals surface area contributed by atoms with Gasteiger partial charge in [-0.05, 0) is 49.1 Å². The molecule has 1 N–H and O–H groups in total. The maximum atomic E-state index is 12.6. The van der Waals surface area contributed by atoms with Gasteiger partial charge in [-0.15, -0.1) is 0 Å². The molecule has 2 saturated heterocycles. The van der Waals surface area contributed by atoms with Crippen LogP contribution in [0.1, 0.15) is 24.8 Å². The normalized spacial score (nSPS) is 16.8. The number of amides is 3. The monoisotopic (exact) mass is 496 g/mol. The number of hydrogen-bond acceptors (Lipinski definition) is 4. The molecule has 2 fully saturated rings. The molecule has 0 atom stereocenters. The van der Waals surface area contributed by atoms with Crippen LogP contribution in [-0.4, -0.2) is 73.3 Å². The van der Waals surface area contributed by atoms with E-state index in [4.69, 9.17) is 11.6 Å². The minimum atomic E-state index is -0.150. The topological polar surface area (TPSA) is 73.0 Å². The van der Waals surface area contributed by atoms with E-state index in [-0.39, 0.29) is 30.2 Å². The lowest BCUT2D eigenvalue weighted by Gasteiger charge is -2.36. The number of hydrogen-bond donors (Lipinski definition) is 1. The van der Waals surface area contributed by atoms with Gasteiger partial charge in [0.25, 0.3) is 0 Å². The van der Waals surface area contributed by atoms with Gasteiger partial charge in [-0.25, -0.2) is 0 Å². The first-order valence-corrected chi connectivity index (χ1v) is 12.7. The average Bonchev–Trinajstić information content (AvgIpc) is 2.91. The summed E-state index contributed by atoms with van der Waals surface area (Å²) in [4.78, 5) is 43.7. The molecule has 0 saturated carbocycles. The molecule has 3 amide bonds. The molecular weight excluding hydrogens is 464 g/mol. The first kappa shape index (κ1) is 25.0. The fourth-order valence-corrected chi connectivity index (χ4v) is 4.86. The van der Waals surface area contributed by atoms with Crippen molar-refractivity contribution in [2.75, 3.05) is 50.7 Å². The van der Waals surface area contributed by atoms with Gasteiger partial charge < -0.3 is 20.0 Å². The highest BCUT2D eigenvalue weighted by Gasteiger charge is 2.28. The van der Waals surface area contributed by atoms with Crippen LogP contribution in [0, 0.1) is 5.92 Å². The maximum Gasteiger partial charge on any atom is 0.242 e. The number of carbonyl (C=O) groups is 3. The van der Waals surface area contributed by atoms with E-state index < -0.39 is 0 Å². The highest BCUT2D eigenvalue weighted by Crippen LogP contribution is 2.20. The fraction of sp³-hybridized carbons (Fsp3) is 0.444. The molecule has 4 rings (SSSR count). The first-order chi connectivity index (χ1) is 17.0. The van der Waals surface area contributed by atoms with E-state index >= 15 is 0 Å². The van der Waals surface area contributed by atoms with E-state index in [0.717, 1.165) is 30.8 Å². The smallest absolute Gasteiger partial charge is 0.242 e. The number of benzene rings is 2. The Labute approximate surface area is 212 Å². The SMILES string of the molecule is O=C(NCC(=O)N1CCN(c2ccc(Cl)cc2)CC1)C1CCN(C(=O)CCc2ccccc2)CC1. The van der Waals surface area contributed by atoms with E-state index in [9.17, 15) is 14.4 Å². The van der Waals surface area contributed by atoms with Crippen molar-refractivity contribution in [2.45, 2.75) is 25.7 Å². The summed E-state index contributed by atoms with van der Waals surface area (Å²) in [5, 5.41) is 3.53. The third-order valence-corrected chi connectivity index (χ3v) is 7.18. The summed E-state index contributed by atoms with van der Waals surface area (Å²) in [6.45, 7) is 3.95. The van der Waals surface area contributed by atoms with Gasteiger partial charge in [0.1, 0.15) is 0 Å². The molecular formula is C27H33ClN4O3. The van der Waals surface area contributed by atoms with Crippen LogP contribution in [0.5, 0.6) is 0 Å². The van der Waals surface area contributed by atoms with Crippen molar-refractivity contribution in [2.24, 2.45) is 5.92 Å². The quantitative estimate of drug-likeness (QED) is 0.639. The van der Waals surface area contributed by atoms with Crippen LogP contribution in [0.4, 0.5) is 5.69 Å². The molecule has 0 aliphatic carbocycles. The zero-order valence-corrected chi connectivity index (χ0v) is 20.8. The zero-order chi connectivity index (χ0) is 24.6. The number of rotatable bonds is 7. The summed E-state index contributed by atoms with van der Waals surface area (Å²) in [5.41, 5.74) is 2.26. The summed E-state index contributed by atoms with van der Waals surface area (Å²) in [6, 6.07) is 17.7. The number of halogens is 1. The lowest BCUT2D eigenvalue weighted by atomic mass is 9.95. The summed E-state index contributed by atoms with van der Waals surface area (Å²) in [5.74, 6) is -0.152. The van der Waals surface area contributed by atoms with Crippen molar-refractivity contribution in [3.63, 3.8) is 0 Å². The maximum absolute atomic E-state index is 12.6. The summed E-state index contributed by atoms with van der Waals surface area (Å²) in [7, 11) is 0. The standard InChI is InChI=1S/C27H33ClN4O3/c28-23-7-9-24(10-8-23)30-16-18-32(19-17-30)26(34)20-29-27(35)22-12-14-31(15-13-22)25(33)11-6-21-4-2-1-3-5-21/h1-5,7-10,22H,6,11-20H2,(H,29,35). The van der Waals surface area contributed by atoms with Crippen LogP contribution in [0.25, 0.3) is 0 Å². The van der Waals surface area contributed by atoms with Crippen LogP contribution in [0.3, 0.4) is 0 Å². The predicted octanol–water partition coefficient (Wildman–Crippen LogP) is 2.98.